The van der Waals surface area contributed by atoms with Crippen molar-refractivity contribution in [1.82, 2.24) is 16.0 Å². The molecule has 164 valence electrons. The fraction of sp³-hybridized carbons (Fsp3) is 0.240. The summed E-state index contributed by atoms with van der Waals surface area (Å²) >= 11 is 1.59. The normalized spacial score (nSPS) is 18.7. The van der Waals surface area contributed by atoms with Crippen molar-refractivity contribution in [2.45, 2.75) is 38.3 Å². The number of imide groups is 1. The summed E-state index contributed by atoms with van der Waals surface area (Å²) in [6.07, 6.45) is 2.10. The van der Waals surface area contributed by atoms with Crippen LogP contribution < -0.4 is 16.0 Å². The third kappa shape index (κ3) is 4.29. The Labute approximate surface area is 191 Å². The first-order valence-electron chi connectivity index (χ1n) is 10.6. The molecule has 1 aliphatic heterocycles. The van der Waals surface area contributed by atoms with E-state index in [2.05, 4.69) is 47.1 Å². The Morgan fingerprint density at radius 2 is 1.88 bits per heavy atom. The van der Waals surface area contributed by atoms with Crippen molar-refractivity contribution in [2.24, 2.45) is 0 Å². The van der Waals surface area contributed by atoms with E-state index in [1.165, 1.54) is 5.56 Å². The van der Waals surface area contributed by atoms with Crippen LogP contribution in [0.25, 0.3) is 0 Å². The van der Waals surface area contributed by atoms with Gasteiger partial charge in [-0.2, -0.15) is 0 Å². The molecule has 2 aromatic carbocycles. The van der Waals surface area contributed by atoms with Gasteiger partial charge in [-0.1, -0.05) is 55.8 Å². The molecule has 3 N–H and O–H groups in total. The van der Waals surface area contributed by atoms with E-state index in [0.29, 0.717) is 11.1 Å². The molecular weight excluding hydrogens is 422 g/mol. The Morgan fingerprint density at radius 1 is 1.09 bits per heavy atom. The van der Waals surface area contributed by atoms with Crippen LogP contribution in [0.2, 0.25) is 0 Å². The van der Waals surface area contributed by atoms with E-state index in [-0.39, 0.29) is 11.9 Å². The third-order valence-corrected chi connectivity index (χ3v) is 6.64. The second-order valence-corrected chi connectivity index (χ2v) is 9.01. The fourth-order valence-electron chi connectivity index (χ4n) is 3.87. The molecule has 0 spiro atoms. The predicted octanol–water partition coefficient (Wildman–Crippen LogP) is 4.27. The van der Waals surface area contributed by atoms with E-state index in [0.717, 1.165) is 23.3 Å². The van der Waals surface area contributed by atoms with Gasteiger partial charge in [-0.3, -0.25) is 14.9 Å². The third-order valence-electron chi connectivity index (χ3n) is 5.70. The number of amides is 4. The van der Waals surface area contributed by atoms with Crippen molar-refractivity contribution < 1.29 is 14.4 Å². The van der Waals surface area contributed by atoms with Crippen molar-refractivity contribution >= 4 is 29.2 Å². The summed E-state index contributed by atoms with van der Waals surface area (Å²) < 4.78 is 0. The first-order chi connectivity index (χ1) is 15.4. The van der Waals surface area contributed by atoms with Gasteiger partial charge in [0.05, 0.1) is 6.04 Å². The van der Waals surface area contributed by atoms with E-state index in [4.69, 9.17) is 0 Å². The summed E-state index contributed by atoms with van der Waals surface area (Å²) in [5.74, 6) is -0.695. The molecular formula is C25H25N3O3S. The Morgan fingerprint density at radius 3 is 2.50 bits per heavy atom. The molecule has 0 aliphatic carbocycles. The Balaban J connectivity index is 1.60. The number of carbonyl (C=O) groups is 3. The van der Waals surface area contributed by atoms with Crippen LogP contribution in [-0.4, -0.2) is 17.8 Å². The van der Waals surface area contributed by atoms with Gasteiger partial charge in [-0.25, -0.2) is 4.79 Å². The number of rotatable bonds is 7. The summed E-state index contributed by atoms with van der Waals surface area (Å²) in [7, 11) is 0. The topological polar surface area (TPSA) is 87.3 Å². The SMILES string of the molecule is CCCc1ccc([C@H](NC(=O)c2cccc([C@@]3(C)NC(=O)NC3=O)c2)c2cccs2)cc1. The quantitative estimate of drug-likeness (QED) is 0.473. The summed E-state index contributed by atoms with van der Waals surface area (Å²) in [6.45, 7) is 3.77. The highest BCUT2D eigenvalue weighted by Gasteiger charge is 2.43. The number of urea groups is 1. The highest BCUT2D eigenvalue weighted by atomic mass is 32.1. The van der Waals surface area contributed by atoms with Crippen LogP contribution in [0.1, 0.15) is 58.2 Å². The largest absolute Gasteiger partial charge is 0.340 e. The molecule has 0 radical (unpaired) electrons. The van der Waals surface area contributed by atoms with Gasteiger partial charge in [0.1, 0.15) is 5.54 Å². The van der Waals surface area contributed by atoms with Gasteiger partial charge < -0.3 is 10.6 Å². The molecule has 3 aromatic rings. The van der Waals surface area contributed by atoms with Crippen molar-refractivity contribution in [2.75, 3.05) is 0 Å². The minimum atomic E-state index is -1.21. The van der Waals surface area contributed by atoms with Crippen LogP contribution in [0, 0.1) is 0 Å². The Bertz CT molecular complexity index is 1140. The molecule has 1 aliphatic rings. The zero-order valence-electron chi connectivity index (χ0n) is 18.0. The standard InChI is InChI=1S/C25H25N3O3S/c1-3-6-16-10-12-17(13-11-16)21(20-9-5-14-32-20)26-22(29)18-7-4-8-19(15-18)25(2)23(30)27-24(31)28-25/h4-5,7-15,21H,3,6H2,1-2H3,(H,26,29)(H2,27,28,30,31)/t21-,25+/m0/s1. The zero-order chi connectivity index (χ0) is 22.7. The number of hydrogen-bond donors (Lipinski definition) is 3. The average Bonchev–Trinajstić information content (AvgIpc) is 3.41. The highest BCUT2D eigenvalue weighted by molar-refractivity contribution is 7.10. The first kappa shape index (κ1) is 21.8. The molecule has 1 aromatic heterocycles. The number of nitrogens with one attached hydrogen (secondary N) is 3. The predicted molar refractivity (Wildman–Crippen MR) is 125 cm³/mol. The summed E-state index contributed by atoms with van der Waals surface area (Å²) in [4.78, 5) is 38.2. The maximum absolute atomic E-state index is 13.2. The first-order valence-corrected chi connectivity index (χ1v) is 11.5. The van der Waals surface area contributed by atoms with E-state index in [1.807, 2.05) is 17.5 Å². The molecule has 2 heterocycles. The highest BCUT2D eigenvalue weighted by Crippen LogP contribution is 2.28. The molecule has 0 bridgehead atoms. The van der Waals surface area contributed by atoms with Gasteiger partial charge in [-0.15, -0.1) is 11.3 Å². The minimum absolute atomic E-state index is 0.254. The van der Waals surface area contributed by atoms with E-state index < -0.39 is 17.5 Å². The average molecular weight is 448 g/mol. The lowest BCUT2D eigenvalue weighted by atomic mass is 9.91. The molecule has 6 nitrogen and oxygen atoms in total. The van der Waals surface area contributed by atoms with Gasteiger partial charge in [-0.05, 0) is 53.6 Å². The van der Waals surface area contributed by atoms with Crippen LogP contribution >= 0.6 is 11.3 Å². The lowest BCUT2D eigenvalue weighted by Crippen LogP contribution is -2.40. The number of carbonyl (C=O) groups excluding carboxylic acids is 3. The summed E-state index contributed by atoms with van der Waals surface area (Å²) in [5.41, 5.74) is 2.03. The molecule has 4 rings (SSSR count). The molecule has 4 amide bonds. The molecule has 1 saturated heterocycles. The van der Waals surface area contributed by atoms with E-state index in [1.54, 1.807) is 42.5 Å². The maximum Gasteiger partial charge on any atom is 0.322 e. The lowest BCUT2D eigenvalue weighted by Gasteiger charge is -2.22. The molecule has 32 heavy (non-hydrogen) atoms. The smallest absolute Gasteiger partial charge is 0.322 e. The van der Waals surface area contributed by atoms with E-state index in [9.17, 15) is 14.4 Å². The second kappa shape index (κ2) is 8.96. The van der Waals surface area contributed by atoms with Gasteiger partial charge >= 0.3 is 6.03 Å². The van der Waals surface area contributed by atoms with Crippen LogP contribution in [0.5, 0.6) is 0 Å². The molecule has 7 heteroatoms. The Kier molecular flexibility index (Phi) is 6.10. The second-order valence-electron chi connectivity index (χ2n) is 8.03. The number of aryl methyl sites for hydroxylation is 1. The van der Waals surface area contributed by atoms with Gasteiger partial charge in [0, 0.05) is 10.4 Å². The number of thiophene rings is 1. The van der Waals surface area contributed by atoms with Gasteiger partial charge in [0.15, 0.2) is 0 Å². The molecule has 2 atom stereocenters. The van der Waals surface area contributed by atoms with Crippen LogP contribution in [-0.2, 0) is 16.8 Å². The monoisotopic (exact) mass is 447 g/mol. The van der Waals surface area contributed by atoms with Crippen molar-refractivity contribution in [3.63, 3.8) is 0 Å². The summed E-state index contributed by atoms with van der Waals surface area (Å²) in [6, 6.07) is 18.3. The fourth-order valence-corrected chi connectivity index (χ4v) is 4.67. The van der Waals surface area contributed by atoms with Crippen molar-refractivity contribution in [1.29, 1.82) is 0 Å². The minimum Gasteiger partial charge on any atom is -0.340 e. The number of hydrogen-bond acceptors (Lipinski definition) is 4. The molecule has 0 unspecified atom stereocenters. The zero-order valence-corrected chi connectivity index (χ0v) is 18.8. The van der Waals surface area contributed by atoms with E-state index >= 15 is 0 Å². The lowest BCUT2D eigenvalue weighted by molar-refractivity contribution is -0.123. The summed E-state index contributed by atoms with van der Waals surface area (Å²) in [5, 5.41) is 10.0. The van der Waals surface area contributed by atoms with Crippen LogP contribution in [0.3, 0.4) is 0 Å². The van der Waals surface area contributed by atoms with Crippen LogP contribution in [0.15, 0.2) is 66.0 Å². The molecule has 0 saturated carbocycles. The van der Waals surface area contributed by atoms with Gasteiger partial charge in [0.25, 0.3) is 11.8 Å². The van der Waals surface area contributed by atoms with Gasteiger partial charge in [0.2, 0.25) is 0 Å². The molecule has 1 fully saturated rings. The van der Waals surface area contributed by atoms with Crippen molar-refractivity contribution in [3.8, 4) is 0 Å². The van der Waals surface area contributed by atoms with Crippen LogP contribution in [0.4, 0.5) is 4.79 Å². The maximum atomic E-state index is 13.2. The Hall–Kier alpha value is -3.45. The number of benzene rings is 2. The van der Waals surface area contributed by atoms with Crippen molar-refractivity contribution in [3.05, 3.63) is 93.2 Å².